The van der Waals surface area contributed by atoms with Crippen LogP contribution in [-0.2, 0) is 38.0 Å². The normalized spacial score (nSPS) is 50.2. The van der Waals surface area contributed by atoms with Crippen LogP contribution in [-0.4, -0.2) is 216 Å². The molecular weight excluding hydrogens is 658 g/mol. The molecule has 4 rings (SSSR count). The minimum Gasteiger partial charge on any atom is -0.394 e. The third-order valence-electron chi connectivity index (χ3n) is 8.87. The summed E-state index contributed by atoms with van der Waals surface area (Å²) in [4.78, 5) is 12.2. The Hall–Kier alpha value is -1.29. The fourth-order valence-electron chi connectivity index (χ4n) is 6.15. The summed E-state index contributed by atoms with van der Waals surface area (Å²) < 4.78 is 39.3. The summed E-state index contributed by atoms with van der Waals surface area (Å²) in [5, 5.41) is 127. The average molecular weight is 706 g/mol. The summed E-state index contributed by atoms with van der Waals surface area (Å²) in [6, 6.07) is -1.58. The molecule has 280 valence electrons. The summed E-state index contributed by atoms with van der Waals surface area (Å²) in [7, 11) is 0. The first-order valence-corrected chi connectivity index (χ1v) is 15.4. The number of carbonyl (C=O) groups is 1. The van der Waals surface area contributed by atoms with Gasteiger partial charge in [0.05, 0.1) is 32.5 Å². The van der Waals surface area contributed by atoms with Gasteiger partial charge in [0.25, 0.3) is 0 Å². The molecule has 4 heterocycles. The van der Waals surface area contributed by atoms with Crippen molar-refractivity contribution in [3.05, 3.63) is 0 Å². The van der Waals surface area contributed by atoms with Crippen LogP contribution in [0.3, 0.4) is 0 Å². The molecule has 0 aliphatic carbocycles. The van der Waals surface area contributed by atoms with E-state index >= 15 is 0 Å². The maximum absolute atomic E-state index is 12.2. The summed E-state index contributed by atoms with van der Waals surface area (Å²) >= 11 is 0. The highest BCUT2D eigenvalue weighted by Crippen LogP contribution is 2.34. The van der Waals surface area contributed by atoms with E-state index < -0.39 is 155 Å². The lowest BCUT2D eigenvalue weighted by molar-refractivity contribution is -0.376. The molecule has 20 unspecified atom stereocenters. The van der Waals surface area contributed by atoms with E-state index in [9.17, 15) is 66.1 Å². The van der Waals surface area contributed by atoms with Crippen molar-refractivity contribution in [2.24, 2.45) is 0 Å². The smallest absolute Gasteiger partial charge is 0.217 e. The van der Waals surface area contributed by atoms with E-state index in [-0.39, 0.29) is 0 Å². The Morgan fingerprint density at radius 2 is 0.979 bits per heavy atom. The van der Waals surface area contributed by atoms with Crippen LogP contribution in [0.5, 0.6) is 0 Å². The monoisotopic (exact) mass is 705 g/mol. The van der Waals surface area contributed by atoms with Gasteiger partial charge in [0.1, 0.15) is 97.6 Å². The van der Waals surface area contributed by atoms with Gasteiger partial charge in [-0.1, -0.05) is 0 Å². The van der Waals surface area contributed by atoms with Crippen molar-refractivity contribution in [2.75, 3.05) is 26.4 Å². The fraction of sp³-hybridized carbons (Fsp3) is 0.963. The van der Waals surface area contributed by atoms with Crippen LogP contribution in [0.2, 0.25) is 0 Å². The Balaban J connectivity index is 1.56. The second-order valence-electron chi connectivity index (χ2n) is 12.2. The summed E-state index contributed by atoms with van der Waals surface area (Å²) in [5.41, 5.74) is 0. The van der Waals surface area contributed by atoms with Crippen LogP contribution < -0.4 is 5.32 Å². The molecule has 0 bridgehead atoms. The molecule has 4 aliphatic rings. The van der Waals surface area contributed by atoms with Crippen molar-refractivity contribution >= 4 is 5.91 Å². The quantitative estimate of drug-likeness (QED) is 0.0949. The zero-order valence-corrected chi connectivity index (χ0v) is 26.0. The van der Waals surface area contributed by atoms with E-state index in [0.29, 0.717) is 0 Å². The minimum absolute atomic E-state index is 0.672. The van der Waals surface area contributed by atoms with Crippen molar-refractivity contribution in [1.29, 1.82) is 0 Å². The molecule has 0 saturated carbocycles. The Morgan fingerprint density at radius 1 is 0.521 bits per heavy atom. The molecule has 13 N–H and O–H groups in total. The maximum atomic E-state index is 12.2. The highest BCUT2D eigenvalue weighted by molar-refractivity contribution is 5.73. The average Bonchev–Trinajstić information content (AvgIpc) is 3.06. The Labute approximate surface area is 273 Å². The summed E-state index contributed by atoms with van der Waals surface area (Å²) in [6.07, 6.45) is -30.9. The number of carbonyl (C=O) groups excluding carboxylic acids is 1. The molecule has 21 nitrogen and oxygen atoms in total. The molecule has 48 heavy (non-hydrogen) atoms. The minimum atomic E-state index is -1.96. The van der Waals surface area contributed by atoms with Gasteiger partial charge in [0.15, 0.2) is 18.9 Å². The number of hydrogen-bond donors (Lipinski definition) is 13. The number of aliphatic hydroxyl groups is 12. The third kappa shape index (κ3) is 8.10. The SMILES string of the molecule is CC(=O)NC1C(OC2C(O)C(CO)OC(OC3C(CO)OC(C)C(O)C3O)C2O)OC(CO)C(OC2OC(CO)C(O)C(O)C2O)C1O. The molecule has 0 aromatic heterocycles. The molecule has 0 aromatic carbocycles. The zero-order chi connectivity index (χ0) is 35.6. The van der Waals surface area contributed by atoms with Crippen molar-refractivity contribution in [3.63, 3.8) is 0 Å². The molecule has 0 spiro atoms. The Bertz CT molecular complexity index is 1030. The number of amides is 1. The van der Waals surface area contributed by atoms with Crippen LogP contribution in [0.25, 0.3) is 0 Å². The van der Waals surface area contributed by atoms with Gasteiger partial charge in [-0.25, -0.2) is 0 Å². The standard InChI is InChI=1S/C27H47NO20/c1-7-14(34)19(39)23(11(5-31)42-7)47-27-21(41)24(16(36)10(4-30)44-27)48-25-13(28-8(2)33)17(37)22(12(6-32)45-25)46-26-20(40)18(38)15(35)9(3-29)43-26/h7,9-27,29-32,34-41H,3-6H2,1-2H3,(H,28,33). The van der Waals surface area contributed by atoms with E-state index in [2.05, 4.69) is 5.32 Å². The summed E-state index contributed by atoms with van der Waals surface area (Å²) in [6.45, 7) is -0.677. The van der Waals surface area contributed by atoms with Gasteiger partial charge < -0.3 is 99.8 Å². The maximum Gasteiger partial charge on any atom is 0.217 e. The first-order valence-electron chi connectivity index (χ1n) is 15.4. The predicted molar refractivity (Wildman–Crippen MR) is 149 cm³/mol. The van der Waals surface area contributed by atoms with Crippen LogP contribution in [0.1, 0.15) is 13.8 Å². The highest BCUT2D eigenvalue weighted by atomic mass is 16.8. The third-order valence-corrected chi connectivity index (χ3v) is 8.87. The molecule has 1 amide bonds. The molecular formula is C27H47NO20. The van der Waals surface area contributed by atoms with Crippen LogP contribution in [0.4, 0.5) is 0 Å². The van der Waals surface area contributed by atoms with E-state index in [1.165, 1.54) is 6.92 Å². The van der Waals surface area contributed by atoms with E-state index in [1.54, 1.807) is 0 Å². The molecule has 4 saturated heterocycles. The lowest BCUT2D eigenvalue weighted by Gasteiger charge is -2.50. The molecule has 4 aliphatic heterocycles. The van der Waals surface area contributed by atoms with Gasteiger partial charge in [0.2, 0.25) is 5.91 Å². The molecule has 20 atom stereocenters. The van der Waals surface area contributed by atoms with Gasteiger partial charge in [-0.3, -0.25) is 4.79 Å². The number of nitrogens with one attached hydrogen (secondary N) is 1. The zero-order valence-electron chi connectivity index (χ0n) is 26.0. The van der Waals surface area contributed by atoms with Crippen molar-refractivity contribution < 1.29 is 99.2 Å². The molecule has 0 aromatic rings. The lowest BCUT2D eigenvalue weighted by atomic mass is 9.94. The number of rotatable bonds is 11. The van der Waals surface area contributed by atoms with Gasteiger partial charge in [-0.2, -0.15) is 0 Å². The first-order chi connectivity index (χ1) is 22.7. The fourth-order valence-corrected chi connectivity index (χ4v) is 6.15. The van der Waals surface area contributed by atoms with Crippen LogP contribution in [0.15, 0.2) is 0 Å². The Morgan fingerprint density at radius 3 is 1.52 bits per heavy atom. The summed E-state index contributed by atoms with van der Waals surface area (Å²) in [5.74, 6) is -0.734. The molecule has 4 fully saturated rings. The van der Waals surface area contributed by atoms with Gasteiger partial charge >= 0.3 is 0 Å². The highest BCUT2D eigenvalue weighted by Gasteiger charge is 2.55. The molecule has 21 heteroatoms. The lowest BCUT2D eigenvalue weighted by Crippen LogP contribution is -2.69. The van der Waals surface area contributed by atoms with Crippen molar-refractivity contribution in [2.45, 2.75) is 136 Å². The van der Waals surface area contributed by atoms with Crippen LogP contribution >= 0.6 is 0 Å². The van der Waals surface area contributed by atoms with Crippen molar-refractivity contribution in [1.82, 2.24) is 5.32 Å². The number of aliphatic hydroxyl groups excluding tert-OH is 12. The van der Waals surface area contributed by atoms with Crippen LogP contribution in [0, 0.1) is 0 Å². The predicted octanol–water partition coefficient (Wildman–Crippen LogP) is -8.53. The van der Waals surface area contributed by atoms with Crippen molar-refractivity contribution in [3.8, 4) is 0 Å². The van der Waals surface area contributed by atoms with E-state index in [4.69, 9.17) is 33.2 Å². The van der Waals surface area contributed by atoms with Gasteiger partial charge in [0, 0.05) is 6.92 Å². The Kier molecular flexibility index (Phi) is 13.8. The van der Waals surface area contributed by atoms with Gasteiger partial charge in [-0.15, -0.1) is 0 Å². The second-order valence-corrected chi connectivity index (χ2v) is 12.2. The van der Waals surface area contributed by atoms with E-state index in [1.807, 2.05) is 0 Å². The first kappa shape index (κ1) is 39.5. The topological polar surface area (TPSA) is 336 Å². The molecule has 0 radical (unpaired) electrons. The largest absolute Gasteiger partial charge is 0.394 e. The number of hydrogen-bond acceptors (Lipinski definition) is 20. The van der Waals surface area contributed by atoms with E-state index in [0.717, 1.165) is 6.92 Å². The number of ether oxygens (including phenoxy) is 7. The second kappa shape index (κ2) is 16.8. The van der Waals surface area contributed by atoms with Gasteiger partial charge in [-0.05, 0) is 6.92 Å².